The average Bonchev–Trinajstić information content (AvgIpc) is 3.10. The van der Waals surface area contributed by atoms with Crippen LogP contribution in [0.5, 0.6) is 5.75 Å². The molecule has 0 unspecified atom stereocenters. The van der Waals surface area contributed by atoms with E-state index in [1.165, 1.54) is 11.8 Å². The lowest BCUT2D eigenvalue weighted by Crippen LogP contribution is -2.14. The van der Waals surface area contributed by atoms with Gasteiger partial charge in [-0.3, -0.25) is 4.79 Å². The zero-order valence-electron chi connectivity index (χ0n) is 15.3. The molecule has 0 aliphatic rings. The lowest BCUT2D eigenvalue weighted by molar-refractivity contribution is 0.0994. The standard InChI is InChI=1S/C20H20ClN3O2S/c1-4-24-19(15-5-9-16(21)10-6-15)22-23-20(24)27-13(2)18(25)14-7-11-17(26-3)12-8-14/h5-13H,4H2,1-3H3/t13-/m0/s1. The topological polar surface area (TPSA) is 57.0 Å². The van der Waals surface area contributed by atoms with Crippen molar-refractivity contribution >= 4 is 29.1 Å². The van der Waals surface area contributed by atoms with Crippen LogP contribution in [0.1, 0.15) is 24.2 Å². The molecule has 7 heteroatoms. The average molecular weight is 402 g/mol. The quantitative estimate of drug-likeness (QED) is 0.412. The largest absolute Gasteiger partial charge is 0.497 e. The molecule has 0 spiro atoms. The van der Waals surface area contributed by atoms with Crippen molar-refractivity contribution in [1.29, 1.82) is 0 Å². The van der Waals surface area contributed by atoms with E-state index in [0.717, 1.165) is 22.3 Å². The molecule has 0 saturated carbocycles. The highest BCUT2D eigenvalue weighted by Crippen LogP contribution is 2.29. The lowest BCUT2D eigenvalue weighted by Gasteiger charge is -2.12. The number of thioether (sulfide) groups is 1. The van der Waals surface area contributed by atoms with Crippen molar-refractivity contribution < 1.29 is 9.53 Å². The first kappa shape index (κ1) is 19.5. The Hall–Kier alpha value is -2.31. The van der Waals surface area contributed by atoms with Crippen molar-refractivity contribution in [1.82, 2.24) is 14.8 Å². The van der Waals surface area contributed by atoms with Crippen LogP contribution >= 0.6 is 23.4 Å². The van der Waals surface area contributed by atoms with E-state index in [0.29, 0.717) is 17.1 Å². The highest BCUT2D eigenvalue weighted by Gasteiger charge is 2.21. The maximum atomic E-state index is 12.7. The molecule has 0 amide bonds. The predicted molar refractivity (Wildman–Crippen MR) is 109 cm³/mol. The molecule has 1 heterocycles. The van der Waals surface area contributed by atoms with Crippen LogP contribution in [0, 0.1) is 0 Å². The summed E-state index contributed by atoms with van der Waals surface area (Å²) in [7, 11) is 1.60. The van der Waals surface area contributed by atoms with Gasteiger partial charge in [-0.2, -0.15) is 0 Å². The zero-order chi connectivity index (χ0) is 19.4. The summed E-state index contributed by atoms with van der Waals surface area (Å²) in [5.74, 6) is 1.53. The Morgan fingerprint density at radius 3 is 2.41 bits per heavy atom. The van der Waals surface area contributed by atoms with E-state index in [-0.39, 0.29) is 11.0 Å². The summed E-state index contributed by atoms with van der Waals surface area (Å²) in [6, 6.07) is 14.6. The third-order valence-electron chi connectivity index (χ3n) is 4.16. The Bertz CT molecular complexity index is 923. The van der Waals surface area contributed by atoms with Gasteiger partial charge in [0.05, 0.1) is 12.4 Å². The molecule has 3 rings (SSSR count). The first-order valence-electron chi connectivity index (χ1n) is 8.57. The number of rotatable bonds is 7. The van der Waals surface area contributed by atoms with Crippen molar-refractivity contribution in [2.24, 2.45) is 0 Å². The van der Waals surface area contributed by atoms with Crippen molar-refractivity contribution in [3.05, 3.63) is 59.1 Å². The van der Waals surface area contributed by atoms with Gasteiger partial charge in [0.25, 0.3) is 0 Å². The number of ketones is 1. The minimum atomic E-state index is -0.286. The lowest BCUT2D eigenvalue weighted by atomic mass is 10.1. The van der Waals surface area contributed by atoms with Crippen LogP contribution < -0.4 is 4.74 Å². The fourth-order valence-corrected chi connectivity index (χ4v) is 3.79. The molecule has 0 radical (unpaired) electrons. The number of nitrogens with zero attached hydrogens (tertiary/aromatic N) is 3. The first-order chi connectivity index (χ1) is 13.0. The summed E-state index contributed by atoms with van der Waals surface area (Å²) in [6.07, 6.45) is 0. The SMILES string of the molecule is CCn1c(S[C@@H](C)C(=O)c2ccc(OC)cc2)nnc1-c1ccc(Cl)cc1. The van der Waals surface area contributed by atoms with E-state index in [4.69, 9.17) is 16.3 Å². The number of halogens is 1. The van der Waals surface area contributed by atoms with Gasteiger partial charge >= 0.3 is 0 Å². The summed E-state index contributed by atoms with van der Waals surface area (Å²) in [5.41, 5.74) is 1.59. The third-order valence-corrected chi connectivity index (χ3v) is 5.49. The molecule has 0 fully saturated rings. The Labute approximate surface area is 167 Å². The zero-order valence-corrected chi connectivity index (χ0v) is 16.9. The van der Waals surface area contributed by atoms with E-state index in [2.05, 4.69) is 10.2 Å². The highest BCUT2D eigenvalue weighted by atomic mass is 35.5. The molecule has 0 aliphatic heterocycles. The van der Waals surface area contributed by atoms with Gasteiger partial charge in [0.15, 0.2) is 16.8 Å². The van der Waals surface area contributed by atoms with Gasteiger partial charge in [-0.15, -0.1) is 10.2 Å². The maximum Gasteiger partial charge on any atom is 0.192 e. The van der Waals surface area contributed by atoms with Gasteiger partial charge in [-0.05, 0) is 62.4 Å². The molecule has 27 heavy (non-hydrogen) atoms. The fourth-order valence-electron chi connectivity index (χ4n) is 2.68. The summed E-state index contributed by atoms with van der Waals surface area (Å²) >= 11 is 7.38. The molecule has 5 nitrogen and oxygen atoms in total. The van der Waals surface area contributed by atoms with Crippen LogP contribution in [0.25, 0.3) is 11.4 Å². The summed E-state index contributed by atoms with van der Waals surface area (Å²) in [4.78, 5) is 12.7. The van der Waals surface area contributed by atoms with Gasteiger partial charge in [-0.25, -0.2) is 0 Å². The van der Waals surface area contributed by atoms with Gasteiger partial charge < -0.3 is 9.30 Å². The van der Waals surface area contributed by atoms with E-state index in [9.17, 15) is 4.79 Å². The maximum absolute atomic E-state index is 12.7. The molecule has 2 aromatic carbocycles. The van der Waals surface area contributed by atoms with Gasteiger partial charge in [-0.1, -0.05) is 23.4 Å². The molecule has 140 valence electrons. The summed E-state index contributed by atoms with van der Waals surface area (Å²) in [6.45, 7) is 4.62. The van der Waals surface area contributed by atoms with E-state index >= 15 is 0 Å². The van der Waals surface area contributed by atoms with Crippen molar-refractivity contribution in [2.75, 3.05) is 7.11 Å². The molecule has 1 aromatic heterocycles. The number of carbonyl (C=O) groups is 1. The van der Waals surface area contributed by atoms with Crippen molar-refractivity contribution in [3.8, 4) is 17.1 Å². The number of benzene rings is 2. The van der Waals surface area contributed by atoms with Crippen LogP contribution in [-0.2, 0) is 6.54 Å². The van der Waals surface area contributed by atoms with E-state index in [1.54, 1.807) is 31.4 Å². The Kier molecular flexibility index (Phi) is 6.19. The summed E-state index contributed by atoms with van der Waals surface area (Å²) < 4.78 is 7.15. The predicted octanol–water partition coefficient (Wildman–Crippen LogP) is 4.99. The fraction of sp³-hybridized carbons (Fsp3) is 0.250. The van der Waals surface area contributed by atoms with Crippen molar-refractivity contribution in [2.45, 2.75) is 30.8 Å². The first-order valence-corrected chi connectivity index (χ1v) is 9.83. The number of methoxy groups -OCH3 is 1. The number of carbonyl (C=O) groups excluding carboxylic acids is 1. The second-order valence-corrected chi connectivity index (χ2v) is 7.65. The Balaban J connectivity index is 1.80. The van der Waals surface area contributed by atoms with Crippen LogP contribution in [-0.4, -0.2) is 32.9 Å². The highest BCUT2D eigenvalue weighted by molar-refractivity contribution is 8.00. The Morgan fingerprint density at radius 2 is 1.81 bits per heavy atom. The molecule has 0 aliphatic carbocycles. The smallest absolute Gasteiger partial charge is 0.192 e. The number of hydrogen-bond donors (Lipinski definition) is 0. The molecule has 0 bridgehead atoms. The van der Waals surface area contributed by atoms with E-state index < -0.39 is 0 Å². The molecule has 0 N–H and O–H groups in total. The van der Waals surface area contributed by atoms with Crippen molar-refractivity contribution in [3.63, 3.8) is 0 Å². The van der Waals surface area contributed by atoms with Gasteiger partial charge in [0.2, 0.25) is 0 Å². The third kappa shape index (κ3) is 4.34. The van der Waals surface area contributed by atoms with Gasteiger partial charge in [0, 0.05) is 22.7 Å². The number of aromatic nitrogens is 3. The Morgan fingerprint density at radius 1 is 1.15 bits per heavy atom. The van der Waals surface area contributed by atoms with Crippen LogP contribution in [0.4, 0.5) is 0 Å². The monoisotopic (exact) mass is 401 g/mol. The minimum Gasteiger partial charge on any atom is -0.497 e. The molecular weight excluding hydrogens is 382 g/mol. The second kappa shape index (κ2) is 8.59. The van der Waals surface area contributed by atoms with Crippen LogP contribution in [0.2, 0.25) is 5.02 Å². The summed E-state index contributed by atoms with van der Waals surface area (Å²) in [5, 5.41) is 9.72. The van der Waals surface area contributed by atoms with E-state index in [1.807, 2.05) is 42.7 Å². The number of ether oxygens (including phenoxy) is 1. The second-order valence-electron chi connectivity index (χ2n) is 5.91. The number of hydrogen-bond acceptors (Lipinski definition) is 5. The molecule has 0 saturated heterocycles. The number of Topliss-reactive ketones (excluding diaryl/α,β-unsaturated/α-hetero) is 1. The van der Waals surface area contributed by atoms with Crippen LogP contribution in [0.15, 0.2) is 53.7 Å². The van der Waals surface area contributed by atoms with Gasteiger partial charge in [0.1, 0.15) is 5.75 Å². The molecular formula is C20H20ClN3O2S. The molecule has 3 aromatic rings. The molecule has 1 atom stereocenters. The minimum absolute atomic E-state index is 0.0429. The normalized spacial score (nSPS) is 12.0. The van der Waals surface area contributed by atoms with Crippen LogP contribution in [0.3, 0.4) is 0 Å².